The van der Waals surface area contributed by atoms with Crippen molar-refractivity contribution in [2.24, 2.45) is 11.5 Å². The molecule has 2 amide bonds. The van der Waals surface area contributed by atoms with Gasteiger partial charge in [-0.05, 0) is 13.8 Å². The number of β-lactam (4-membered cyclic amide) rings is 1. The molecule has 2 saturated heterocycles. The van der Waals surface area contributed by atoms with Gasteiger partial charge in [-0.3, -0.25) is 9.59 Å². The molecule has 5 nitrogen and oxygen atoms in total. The van der Waals surface area contributed by atoms with Crippen LogP contribution in [0, 0.1) is 0 Å². The van der Waals surface area contributed by atoms with Crippen molar-refractivity contribution in [3.8, 4) is 0 Å². The monoisotopic (exact) mass is 215 g/mol. The van der Waals surface area contributed by atoms with E-state index in [1.807, 2.05) is 13.8 Å². The Bertz CT molecular complexity index is 318. The molecule has 0 aliphatic carbocycles. The van der Waals surface area contributed by atoms with Crippen LogP contribution in [0.15, 0.2) is 0 Å². The lowest BCUT2D eigenvalue weighted by Gasteiger charge is -2.41. The Balaban J connectivity index is 2.32. The molecule has 0 radical (unpaired) electrons. The standard InChI is InChI=1S/C8H13N3O2S/c1-8(2)4(5(10)12)11-6(13)3(9)7(11)14-8/h3-4,7H,9H2,1-2H3,(H2,10,12)/t3?,4?,7-/m0/s1. The molecule has 0 aromatic rings. The fourth-order valence-electron chi connectivity index (χ4n) is 2.10. The van der Waals surface area contributed by atoms with Crippen molar-refractivity contribution in [3.63, 3.8) is 0 Å². The molecule has 2 aliphatic rings. The first-order chi connectivity index (χ1) is 6.36. The van der Waals surface area contributed by atoms with Crippen LogP contribution in [-0.4, -0.2) is 38.9 Å². The van der Waals surface area contributed by atoms with Gasteiger partial charge in [-0.25, -0.2) is 0 Å². The Hall–Kier alpha value is -0.750. The molecular formula is C8H13N3O2S. The average Bonchev–Trinajstić information content (AvgIpc) is 2.34. The Morgan fingerprint density at radius 2 is 2.14 bits per heavy atom. The number of hydrogen-bond acceptors (Lipinski definition) is 4. The lowest BCUT2D eigenvalue weighted by Crippen LogP contribution is -2.69. The van der Waals surface area contributed by atoms with Crippen molar-refractivity contribution in [2.75, 3.05) is 0 Å². The van der Waals surface area contributed by atoms with Gasteiger partial charge in [0.15, 0.2) is 0 Å². The van der Waals surface area contributed by atoms with Crippen LogP contribution in [0.25, 0.3) is 0 Å². The molecule has 2 unspecified atom stereocenters. The van der Waals surface area contributed by atoms with E-state index in [2.05, 4.69) is 0 Å². The van der Waals surface area contributed by atoms with Crippen LogP contribution >= 0.6 is 11.8 Å². The first kappa shape index (κ1) is 9.79. The quantitative estimate of drug-likeness (QED) is 0.541. The molecule has 2 rings (SSSR count). The Labute approximate surface area is 86.2 Å². The van der Waals surface area contributed by atoms with Gasteiger partial charge in [-0.15, -0.1) is 11.8 Å². The van der Waals surface area contributed by atoms with Gasteiger partial charge in [0.2, 0.25) is 11.8 Å². The molecule has 2 heterocycles. The summed E-state index contributed by atoms with van der Waals surface area (Å²) in [6.07, 6.45) is 0. The normalized spacial score (nSPS) is 39.2. The van der Waals surface area contributed by atoms with Crippen molar-refractivity contribution >= 4 is 23.6 Å². The van der Waals surface area contributed by atoms with E-state index in [-0.39, 0.29) is 16.0 Å². The summed E-state index contributed by atoms with van der Waals surface area (Å²) in [4.78, 5) is 24.2. The lowest BCUT2D eigenvalue weighted by molar-refractivity contribution is -0.151. The molecule has 4 N–H and O–H groups in total. The third-order valence-corrected chi connectivity index (χ3v) is 4.34. The van der Waals surface area contributed by atoms with Crippen molar-refractivity contribution in [1.29, 1.82) is 0 Å². The number of nitrogens with two attached hydrogens (primary N) is 2. The number of nitrogens with zero attached hydrogens (tertiary/aromatic N) is 1. The summed E-state index contributed by atoms with van der Waals surface area (Å²) >= 11 is 1.55. The van der Waals surface area contributed by atoms with Crippen LogP contribution in [0.2, 0.25) is 0 Å². The van der Waals surface area contributed by atoms with Crippen molar-refractivity contribution in [2.45, 2.75) is 36.1 Å². The number of rotatable bonds is 1. The predicted molar refractivity (Wildman–Crippen MR) is 53.3 cm³/mol. The second kappa shape index (κ2) is 2.64. The first-order valence-corrected chi connectivity index (χ1v) is 5.29. The van der Waals surface area contributed by atoms with Gasteiger partial charge in [-0.1, -0.05) is 0 Å². The molecular weight excluding hydrogens is 202 g/mol. The van der Waals surface area contributed by atoms with Gasteiger partial charge in [0.1, 0.15) is 17.5 Å². The van der Waals surface area contributed by atoms with E-state index in [0.717, 1.165) is 0 Å². The highest BCUT2D eigenvalue weighted by Crippen LogP contribution is 2.49. The van der Waals surface area contributed by atoms with E-state index < -0.39 is 18.0 Å². The summed E-state index contributed by atoms with van der Waals surface area (Å²) in [5, 5.41) is -0.0741. The summed E-state index contributed by atoms with van der Waals surface area (Å²) < 4.78 is -0.333. The first-order valence-electron chi connectivity index (χ1n) is 4.41. The molecule has 0 aromatic carbocycles. The maximum Gasteiger partial charge on any atom is 0.244 e. The van der Waals surface area contributed by atoms with Gasteiger partial charge < -0.3 is 16.4 Å². The average molecular weight is 215 g/mol. The summed E-state index contributed by atoms with van der Waals surface area (Å²) in [6.45, 7) is 3.82. The van der Waals surface area contributed by atoms with Gasteiger partial charge >= 0.3 is 0 Å². The summed E-state index contributed by atoms with van der Waals surface area (Å²) in [5.41, 5.74) is 10.9. The van der Waals surface area contributed by atoms with Crippen molar-refractivity contribution < 1.29 is 9.59 Å². The second-order valence-corrected chi connectivity index (χ2v) is 5.96. The molecule has 2 aliphatic heterocycles. The largest absolute Gasteiger partial charge is 0.368 e. The number of carbonyl (C=O) groups is 2. The number of fused-ring (bicyclic) bond motifs is 1. The Morgan fingerprint density at radius 1 is 1.57 bits per heavy atom. The van der Waals surface area contributed by atoms with Gasteiger partial charge in [0.25, 0.3) is 0 Å². The molecule has 0 bridgehead atoms. The highest BCUT2D eigenvalue weighted by atomic mass is 32.2. The zero-order valence-corrected chi connectivity index (χ0v) is 8.88. The maximum absolute atomic E-state index is 11.4. The third-order valence-electron chi connectivity index (χ3n) is 2.75. The minimum absolute atomic E-state index is 0.0741. The fraction of sp³-hybridized carbons (Fsp3) is 0.750. The smallest absolute Gasteiger partial charge is 0.244 e. The van der Waals surface area contributed by atoms with E-state index in [1.165, 1.54) is 4.90 Å². The van der Waals surface area contributed by atoms with E-state index in [9.17, 15) is 9.59 Å². The van der Waals surface area contributed by atoms with E-state index in [0.29, 0.717) is 0 Å². The predicted octanol–water partition coefficient (Wildman–Crippen LogP) is -1.14. The van der Waals surface area contributed by atoms with Crippen LogP contribution in [0.1, 0.15) is 13.8 Å². The molecule has 6 heteroatoms. The van der Waals surface area contributed by atoms with Gasteiger partial charge in [-0.2, -0.15) is 0 Å². The number of hydrogen-bond donors (Lipinski definition) is 2. The lowest BCUT2D eigenvalue weighted by atomic mass is 9.96. The fourth-order valence-corrected chi connectivity index (χ4v) is 3.69. The van der Waals surface area contributed by atoms with E-state index >= 15 is 0 Å². The molecule has 14 heavy (non-hydrogen) atoms. The summed E-state index contributed by atoms with van der Waals surface area (Å²) in [7, 11) is 0. The number of carbonyl (C=O) groups excluding carboxylic acids is 2. The minimum Gasteiger partial charge on any atom is -0.368 e. The van der Waals surface area contributed by atoms with E-state index in [1.54, 1.807) is 11.8 Å². The van der Waals surface area contributed by atoms with Crippen LogP contribution < -0.4 is 11.5 Å². The minimum atomic E-state index is -0.523. The second-order valence-electron chi connectivity index (χ2n) is 4.19. The highest BCUT2D eigenvalue weighted by Gasteiger charge is 2.61. The zero-order valence-electron chi connectivity index (χ0n) is 8.06. The number of primary amides is 1. The zero-order chi connectivity index (χ0) is 10.7. The Kier molecular flexibility index (Phi) is 1.84. The molecule has 0 aromatic heterocycles. The van der Waals surface area contributed by atoms with Gasteiger partial charge in [0.05, 0.1) is 0 Å². The van der Waals surface area contributed by atoms with Gasteiger partial charge in [0, 0.05) is 4.75 Å². The molecule has 2 fully saturated rings. The van der Waals surface area contributed by atoms with Crippen LogP contribution in [0.3, 0.4) is 0 Å². The van der Waals surface area contributed by atoms with Crippen LogP contribution in [-0.2, 0) is 9.59 Å². The van der Waals surface area contributed by atoms with Crippen molar-refractivity contribution in [3.05, 3.63) is 0 Å². The highest BCUT2D eigenvalue weighted by molar-refractivity contribution is 8.01. The molecule has 0 spiro atoms. The molecule has 0 saturated carbocycles. The topological polar surface area (TPSA) is 89.4 Å². The molecule has 78 valence electrons. The van der Waals surface area contributed by atoms with Crippen molar-refractivity contribution in [1.82, 2.24) is 4.90 Å². The van der Waals surface area contributed by atoms with E-state index in [4.69, 9.17) is 11.5 Å². The summed E-state index contributed by atoms with van der Waals surface area (Å²) in [6, 6.07) is -0.992. The number of amides is 2. The van der Waals surface area contributed by atoms with Crippen LogP contribution in [0.5, 0.6) is 0 Å². The summed E-state index contributed by atoms with van der Waals surface area (Å²) in [5.74, 6) is -0.623. The SMILES string of the molecule is CC1(C)S[C@H]2C(N)C(=O)N2C1C(N)=O. The van der Waals surface area contributed by atoms with Crippen LogP contribution in [0.4, 0.5) is 0 Å². The molecule has 3 atom stereocenters. The number of thioether (sulfide) groups is 1. The maximum atomic E-state index is 11.4. The third kappa shape index (κ3) is 1.01. The Morgan fingerprint density at radius 3 is 2.64 bits per heavy atom.